The van der Waals surface area contributed by atoms with E-state index in [1.807, 2.05) is 84.9 Å². The van der Waals surface area contributed by atoms with Gasteiger partial charge in [-0.05, 0) is 69.9 Å². The number of hydrogen-bond donors (Lipinski definition) is 1. The molecule has 4 aromatic rings. The van der Waals surface area contributed by atoms with Crippen molar-refractivity contribution in [2.24, 2.45) is 0 Å². The van der Waals surface area contributed by atoms with Gasteiger partial charge >= 0.3 is 5.97 Å². The Morgan fingerprint density at radius 1 is 0.780 bits per heavy atom. The number of hydrogen-bond acceptors (Lipinski definition) is 3. The fourth-order valence-corrected chi connectivity index (χ4v) is 9.12. The Hall–Kier alpha value is -3.73. The third-order valence-corrected chi connectivity index (χ3v) is 12.7. The molecule has 1 N–H and O–H groups in total. The van der Waals surface area contributed by atoms with Gasteiger partial charge in [0.05, 0.1) is 0 Å². The SMILES string of the molecule is C=C(CCC(C)(C)[Si](O)(c1ccccc1)c1ccccc1)C(=O)Oc1ccc(-c2ccc(CCCCC)cc2)cc1. The van der Waals surface area contributed by atoms with Crippen molar-refractivity contribution in [2.75, 3.05) is 0 Å². The number of esters is 1. The van der Waals surface area contributed by atoms with Crippen molar-refractivity contribution in [1.82, 2.24) is 0 Å². The molecule has 0 saturated carbocycles. The van der Waals surface area contributed by atoms with Crippen LogP contribution >= 0.6 is 0 Å². The highest BCUT2D eigenvalue weighted by Crippen LogP contribution is 2.40. The molecule has 0 unspecified atom stereocenters. The second kappa shape index (κ2) is 13.8. The fourth-order valence-electron chi connectivity index (χ4n) is 5.39. The number of rotatable bonds is 13. The molecule has 41 heavy (non-hydrogen) atoms. The van der Waals surface area contributed by atoms with Crippen molar-refractivity contribution in [1.29, 1.82) is 0 Å². The molecule has 0 radical (unpaired) electrons. The van der Waals surface area contributed by atoms with Crippen molar-refractivity contribution >= 4 is 24.7 Å². The molecule has 212 valence electrons. The topological polar surface area (TPSA) is 46.5 Å². The standard InChI is InChI=1S/C37H42O3Si/c1-5-6-9-14-30-19-21-31(22-20-30)32-23-25-33(26-24-32)40-36(38)29(2)27-28-37(3,4)41(39,34-15-10-7-11-16-34)35-17-12-8-13-18-35/h7-8,10-13,15-26,39H,2,5-6,9,14,27-28H2,1,3-4H3. The lowest BCUT2D eigenvalue weighted by Gasteiger charge is -2.41. The summed E-state index contributed by atoms with van der Waals surface area (Å²) < 4.78 is 5.67. The highest BCUT2D eigenvalue weighted by molar-refractivity contribution is 6.98. The van der Waals surface area contributed by atoms with Crippen molar-refractivity contribution in [2.45, 2.75) is 64.3 Å². The van der Waals surface area contributed by atoms with Crippen LogP contribution in [0, 0.1) is 0 Å². The average Bonchev–Trinajstić information content (AvgIpc) is 3.01. The maximum absolute atomic E-state index is 12.9. The van der Waals surface area contributed by atoms with Crippen LogP contribution in [0.2, 0.25) is 5.04 Å². The summed E-state index contributed by atoms with van der Waals surface area (Å²) >= 11 is 0. The molecule has 0 aliphatic rings. The molecular weight excluding hydrogens is 520 g/mol. The molecule has 0 aliphatic carbocycles. The lowest BCUT2D eigenvalue weighted by Crippen LogP contribution is -2.65. The molecule has 0 fully saturated rings. The zero-order chi connectivity index (χ0) is 29.3. The van der Waals surface area contributed by atoms with Crippen LogP contribution in [-0.2, 0) is 11.2 Å². The van der Waals surface area contributed by atoms with Crippen LogP contribution in [0.3, 0.4) is 0 Å². The minimum Gasteiger partial charge on any atom is -0.424 e. The first-order valence-electron chi connectivity index (χ1n) is 14.7. The Kier molecular flexibility index (Phi) is 10.1. The smallest absolute Gasteiger partial charge is 0.338 e. The lowest BCUT2D eigenvalue weighted by molar-refractivity contribution is -0.130. The van der Waals surface area contributed by atoms with E-state index >= 15 is 0 Å². The minimum atomic E-state index is -3.15. The Labute approximate surface area is 246 Å². The van der Waals surface area contributed by atoms with E-state index in [1.54, 1.807) is 0 Å². The van der Waals surface area contributed by atoms with Gasteiger partial charge in [0.1, 0.15) is 5.75 Å². The van der Waals surface area contributed by atoms with E-state index < -0.39 is 19.3 Å². The van der Waals surface area contributed by atoms with Gasteiger partial charge in [-0.25, -0.2) is 4.79 Å². The third-order valence-electron chi connectivity index (χ3n) is 8.12. The van der Waals surface area contributed by atoms with E-state index in [0.717, 1.165) is 27.9 Å². The molecule has 4 aromatic carbocycles. The number of unbranched alkanes of at least 4 members (excludes halogenated alkanes) is 2. The highest BCUT2D eigenvalue weighted by atomic mass is 28.4. The zero-order valence-electron chi connectivity index (χ0n) is 24.6. The molecule has 0 heterocycles. The molecule has 3 nitrogen and oxygen atoms in total. The molecular formula is C37H42O3Si. The van der Waals surface area contributed by atoms with E-state index in [1.165, 1.54) is 24.8 Å². The van der Waals surface area contributed by atoms with Gasteiger partial charge in [-0.2, -0.15) is 0 Å². The van der Waals surface area contributed by atoms with Crippen molar-refractivity contribution in [3.63, 3.8) is 0 Å². The van der Waals surface area contributed by atoms with E-state index in [4.69, 9.17) is 4.74 Å². The van der Waals surface area contributed by atoms with Crippen molar-refractivity contribution in [3.8, 4) is 16.9 Å². The quantitative estimate of drug-likeness (QED) is 0.0593. The molecule has 0 amide bonds. The molecule has 0 saturated heterocycles. The summed E-state index contributed by atoms with van der Waals surface area (Å²) in [4.78, 5) is 25.3. The summed E-state index contributed by atoms with van der Waals surface area (Å²) in [5.74, 6) is 0.0596. The van der Waals surface area contributed by atoms with Gasteiger partial charge < -0.3 is 9.53 Å². The van der Waals surface area contributed by atoms with Gasteiger partial charge in [0.2, 0.25) is 0 Å². The summed E-state index contributed by atoms with van der Waals surface area (Å²) in [5.41, 5.74) is 3.99. The van der Waals surface area contributed by atoms with Gasteiger partial charge in [-0.15, -0.1) is 0 Å². The van der Waals surface area contributed by atoms with Crippen LogP contribution in [0.1, 0.15) is 58.4 Å². The molecule has 4 heteroatoms. The normalized spacial score (nSPS) is 11.7. The van der Waals surface area contributed by atoms with Gasteiger partial charge in [0.25, 0.3) is 8.32 Å². The predicted octanol–water partition coefficient (Wildman–Crippen LogP) is 7.86. The predicted molar refractivity (Wildman–Crippen MR) is 173 cm³/mol. The summed E-state index contributed by atoms with van der Waals surface area (Å²) in [6, 6.07) is 36.2. The first kappa shape index (κ1) is 30.2. The second-order valence-corrected chi connectivity index (χ2v) is 15.4. The van der Waals surface area contributed by atoms with E-state index in [9.17, 15) is 9.59 Å². The molecule has 0 aliphatic heterocycles. The zero-order valence-corrected chi connectivity index (χ0v) is 25.6. The summed E-state index contributed by atoms with van der Waals surface area (Å²) in [7, 11) is -3.15. The fraction of sp³-hybridized carbons (Fsp3) is 0.270. The maximum Gasteiger partial charge on any atom is 0.338 e. The third kappa shape index (κ3) is 7.32. The molecule has 0 atom stereocenters. The van der Waals surface area contributed by atoms with Gasteiger partial charge in [-0.1, -0.05) is 137 Å². The summed E-state index contributed by atoms with van der Waals surface area (Å²) in [6.07, 6.45) is 5.86. The minimum absolute atomic E-state index is 0.401. The average molecular weight is 563 g/mol. The lowest BCUT2D eigenvalue weighted by atomic mass is 10.0. The number of carbonyl (C=O) groups excluding carboxylic acids is 1. The summed E-state index contributed by atoms with van der Waals surface area (Å²) in [5, 5.41) is 1.44. The molecule has 4 rings (SSSR count). The van der Waals surface area contributed by atoms with Crippen LogP contribution in [0.15, 0.2) is 121 Å². The Bertz CT molecular complexity index is 1370. The molecule has 0 aromatic heterocycles. The largest absolute Gasteiger partial charge is 0.424 e. The van der Waals surface area contributed by atoms with Crippen LogP contribution in [0.4, 0.5) is 0 Å². The van der Waals surface area contributed by atoms with E-state index in [-0.39, 0.29) is 0 Å². The monoisotopic (exact) mass is 562 g/mol. The second-order valence-electron chi connectivity index (χ2n) is 11.5. The van der Waals surface area contributed by atoms with Gasteiger partial charge in [-0.3, -0.25) is 0 Å². The maximum atomic E-state index is 12.9. The van der Waals surface area contributed by atoms with Crippen LogP contribution < -0.4 is 15.1 Å². The van der Waals surface area contributed by atoms with Crippen molar-refractivity contribution in [3.05, 3.63) is 127 Å². The van der Waals surface area contributed by atoms with Crippen LogP contribution in [-0.4, -0.2) is 19.1 Å². The van der Waals surface area contributed by atoms with Gasteiger partial charge in [0, 0.05) is 5.57 Å². The Morgan fingerprint density at radius 3 is 1.80 bits per heavy atom. The van der Waals surface area contributed by atoms with Crippen molar-refractivity contribution < 1.29 is 14.3 Å². The van der Waals surface area contributed by atoms with E-state index in [0.29, 0.717) is 24.2 Å². The molecule has 0 bridgehead atoms. The Morgan fingerprint density at radius 2 is 1.29 bits per heavy atom. The summed E-state index contributed by atoms with van der Waals surface area (Å²) in [6.45, 7) is 10.4. The molecule has 0 spiro atoms. The number of benzene rings is 4. The Balaban J connectivity index is 1.38. The van der Waals surface area contributed by atoms with Crippen LogP contribution in [0.5, 0.6) is 5.75 Å². The highest BCUT2D eigenvalue weighted by Gasteiger charge is 2.49. The first-order chi connectivity index (χ1) is 19.7. The number of aryl methyl sites for hydroxylation is 1. The van der Waals surface area contributed by atoms with Gasteiger partial charge in [0.15, 0.2) is 0 Å². The number of carbonyl (C=O) groups is 1. The van der Waals surface area contributed by atoms with Crippen LogP contribution in [0.25, 0.3) is 11.1 Å². The number of ether oxygens (including phenoxy) is 1. The van der Waals surface area contributed by atoms with E-state index in [2.05, 4.69) is 51.6 Å². The first-order valence-corrected chi connectivity index (χ1v) is 16.6.